The van der Waals surface area contributed by atoms with Crippen molar-refractivity contribution in [2.45, 2.75) is 56.3 Å². The summed E-state index contributed by atoms with van der Waals surface area (Å²) in [5.74, 6) is -5.29. The second kappa shape index (κ2) is 12.7. The first-order valence-corrected chi connectivity index (χ1v) is 10.3. The number of nitrogens with one attached hydrogen (secondary N) is 1. The molecule has 13 nitrogen and oxygen atoms in total. The smallest absolute Gasteiger partial charge is 0.481 e. The molecule has 2 aliphatic rings. The Bertz CT molecular complexity index is 814. The highest BCUT2D eigenvalue weighted by atomic mass is 19.4. The van der Waals surface area contributed by atoms with Gasteiger partial charge in [-0.1, -0.05) is 0 Å². The largest absolute Gasteiger partial charge is 0.490 e. The van der Waals surface area contributed by atoms with Crippen molar-refractivity contribution in [3.63, 3.8) is 0 Å². The van der Waals surface area contributed by atoms with Crippen molar-refractivity contribution >= 4 is 23.8 Å². The number of alkyl halides is 3. The maximum Gasteiger partial charge on any atom is 0.490 e. The van der Waals surface area contributed by atoms with Gasteiger partial charge in [0.15, 0.2) is 5.76 Å². The monoisotopic (exact) mass is 515 g/mol. The van der Waals surface area contributed by atoms with E-state index >= 15 is 0 Å². The number of carbonyl (C=O) groups excluding carboxylic acids is 2. The van der Waals surface area contributed by atoms with Crippen molar-refractivity contribution in [1.29, 1.82) is 0 Å². The molecule has 2 aliphatic heterocycles. The molecule has 200 valence electrons. The van der Waals surface area contributed by atoms with Gasteiger partial charge >= 0.3 is 18.1 Å². The Morgan fingerprint density at radius 1 is 1.20 bits per heavy atom. The Balaban J connectivity index is 0.000000762. The Labute approximate surface area is 196 Å². The molecule has 0 spiro atoms. The number of carboxylic acids is 2. The average molecular weight is 515 g/mol. The molecule has 0 aliphatic carbocycles. The van der Waals surface area contributed by atoms with Crippen LogP contribution >= 0.6 is 0 Å². The molecular formula is C19H28F3N3O10. The number of likely N-dealkylation sites (tertiary alicyclic amines) is 1. The third-order valence-electron chi connectivity index (χ3n) is 5.25. The summed E-state index contributed by atoms with van der Waals surface area (Å²) in [6.07, 6.45) is -7.58. The normalized spacial score (nSPS) is 24.6. The molecule has 2 rings (SSSR count). The van der Waals surface area contributed by atoms with Crippen molar-refractivity contribution in [1.82, 2.24) is 10.2 Å². The number of aliphatic hydroxyl groups excluding tert-OH is 3. The fourth-order valence-corrected chi connectivity index (χ4v) is 3.39. The highest BCUT2D eigenvalue weighted by Crippen LogP contribution is 2.25. The van der Waals surface area contributed by atoms with E-state index in [2.05, 4.69) is 5.32 Å². The Morgan fingerprint density at radius 3 is 2.11 bits per heavy atom. The zero-order valence-corrected chi connectivity index (χ0v) is 18.5. The van der Waals surface area contributed by atoms with E-state index in [-0.39, 0.29) is 18.8 Å². The summed E-state index contributed by atoms with van der Waals surface area (Å²) < 4.78 is 37.3. The van der Waals surface area contributed by atoms with E-state index in [9.17, 15) is 37.8 Å². The van der Waals surface area contributed by atoms with Crippen LogP contribution in [0.3, 0.4) is 0 Å². The van der Waals surface area contributed by atoms with Gasteiger partial charge in [-0.15, -0.1) is 0 Å². The van der Waals surface area contributed by atoms with Gasteiger partial charge < -0.3 is 46.2 Å². The first-order chi connectivity index (χ1) is 16.1. The number of nitrogens with two attached hydrogens (primary N) is 1. The van der Waals surface area contributed by atoms with Crippen molar-refractivity contribution in [2.75, 3.05) is 19.7 Å². The molecule has 2 amide bonds. The molecule has 5 atom stereocenters. The van der Waals surface area contributed by atoms with Crippen LogP contribution in [-0.4, -0.2) is 110 Å². The Kier molecular flexibility index (Phi) is 10.9. The molecule has 0 saturated carbocycles. The number of rotatable bonds is 6. The third-order valence-corrected chi connectivity index (χ3v) is 5.25. The number of carboxylic acid groups (broad SMARTS) is 2. The first kappa shape index (κ1) is 30.1. The number of hydrogen-bond acceptors (Lipinski definition) is 9. The van der Waals surface area contributed by atoms with Crippen LogP contribution in [0.15, 0.2) is 11.8 Å². The topological polar surface area (TPSA) is 220 Å². The standard InChI is InChI=1S/C17H27N3O8.C2HF3O2/c1-8(22)19-13-10(18)6-12(28-15(13)14(24)11(23)7-21)16(25)20-4-2-9(3-5-20)17(26)27;3-2(4,5)1(6)7/h6,9-11,13-15,21,23-24H,2-5,7,18H2,1H3,(H,19,22)(H,26,27);(H,6,7)/t10-,11+,13+,14+,15+;/m0./s1. The molecule has 1 fully saturated rings. The summed E-state index contributed by atoms with van der Waals surface area (Å²) in [6, 6.07) is -1.82. The SMILES string of the molecule is CC(=O)N[C@H]1[C@H]([C@H](O)[C@H](O)CO)OC(C(=O)N2CCC(C(=O)O)CC2)=C[C@@H]1N.O=C(O)C(F)(F)F. The lowest BCUT2D eigenvalue weighted by molar-refractivity contribution is -0.192. The Morgan fingerprint density at radius 2 is 1.71 bits per heavy atom. The van der Waals surface area contributed by atoms with Crippen LogP contribution in [0.2, 0.25) is 0 Å². The van der Waals surface area contributed by atoms with E-state index in [1.807, 2.05) is 0 Å². The number of carbonyl (C=O) groups is 4. The van der Waals surface area contributed by atoms with Gasteiger partial charge in [-0.2, -0.15) is 13.2 Å². The van der Waals surface area contributed by atoms with Gasteiger partial charge in [0.25, 0.3) is 5.91 Å². The van der Waals surface area contributed by atoms with E-state index in [0.29, 0.717) is 12.8 Å². The zero-order valence-electron chi connectivity index (χ0n) is 18.5. The number of piperidine rings is 1. The molecule has 0 unspecified atom stereocenters. The van der Waals surface area contributed by atoms with Gasteiger partial charge in [-0.25, -0.2) is 4.79 Å². The first-order valence-electron chi connectivity index (χ1n) is 10.3. The van der Waals surface area contributed by atoms with Crippen molar-refractivity contribution in [3.05, 3.63) is 11.8 Å². The number of halogens is 3. The summed E-state index contributed by atoms with van der Waals surface area (Å²) >= 11 is 0. The van der Waals surface area contributed by atoms with E-state index in [0.717, 1.165) is 0 Å². The maximum absolute atomic E-state index is 12.8. The molecule has 0 aromatic heterocycles. The van der Waals surface area contributed by atoms with Crippen LogP contribution in [0.25, 0.3) is 0 Å². The molecule has 1 saturated heterocycles. The summed E-state index contributed by atoms with van der Waals surface area (Å²) in [6.45, 7) is 0.953. The molecule has 0 aromatic carbocycles. The fourth-order valence-electron chi connectivity index (χ4n) is 3.39. The van der Waals surface area contributed by atoms with Crippen LogP contribution in [0.5, 0.6) is 0 Å². The predicted molar refractivity (Wildman–Crippen MR) is 108 cm³/mol. The number of hydrogen-bond donors (Lipinski definition) is 7. The molecule has 8 N–H and O–H groups in total. The molecule has 16 heteroatoms. The van der Waals surface area contributed by atoms with Crippen LogP contribution < -0.4 is 11.1 Å². The van der Waals surface area contributed by atoms with Crippen LogP contribution in [0.4, 0.5) is 13.2 Å². The van der Waals surface area contributed by atoms with Gasteiger partial charge in [-0.3, -0.25) is 14.4 Å². The highest BCUT2D eigenvalue weighted by Gasteiger charge is 2.43. The van der Waals surface area contributed by atoms with Gasteiger partial charge in [0.1, 0.15) is 18.3 Å². The summed E-state index contributed by atoms with van der Waals surface area (Å²) in [5.41, 5.74) is 6.04. The van der Waals surface area contributed by atoms with E-state index < -0.39 is 72.8 Å². The van der Waals surface area contributed by atoms with Gasteiger partial charge in [0, 0.05) is 20.0 Å². The minimum absolute atomic E-state index is 0.155. The van der Waals surface area contributed by atoms with Gasteiger partial charge in [0.2, 0.25) is 5.91 Å². The number of ether oxygens (including phenoxy) is 1. The van der Waals surface area contributed by atoms with E-state index in [4.69, 9.17) is 30.6 Å². The summed E-state index contributed by atoms with van der Waals surface area (Å²) in [7, 11) is 0. The van der Waals surface area contributed by atoms with Gasteiger partial charge in [0.05, 0.1) is 24.6 Å². The molecule has 2 heterocycles. The fraction of sp³-hybridized carbons (Fsp3) is 0.684. The lowest BCUT2D eigenvalue weighted by atomic mass is 9.92. The lowest BCUT2D eigenvalue weighted by Crippen LogP contribution is -2.62. The third kappa shape index (κ3) is 8.65. The second-order valence-corrected chi connectivity index (χ2v) is 7.87. The minimum Gasteiger partial charge on any atom is -0.481 e. The molecule has 35 heavy (non-hydrogen) atoms. The van der Waals surface area contributed by atoms with E-state index in [1.54, 1.807) is 0 Å². The summed E-state index contributed by atoms with van der Waals surface area (Å²) in [4.78, 5) is 45.6. The zero-order chi connectivity index (χ0) is 27.1. The molecule has 0 aromatic rings. The minimum atomic E-state index is -5.08. The van der Waals surface area contributed by atoms with Crippen molar-refractivity contribution in [3.8, 4) is 0 Å². The number of aliphatic carboxylic acids is 2. The van der Waals surface area contributed by atoms with Crippen LogP contribution in [-0.2, 0) is 23.9 Å². The van der Waals surface area contributed by atoms with Gasteiger partial charge in [-0.05, 0) is 18.9 Å². The highest BCUT2D eigenvalue weighted by molar-refractivity contribution is 5.92. The molecular weight excluding hydrogens is 487 g/mol. The van der Waals surface area contributed by atoms with Crippen molar-refractivity contribution < 1.29 is 62.6 Å². The van der Waals surface area contributed by atoms with E-state index in [1.165, 1.54) is 17.9 Å². The number of nitrogens with zero attached hydrogens (tertiary/aromatic N) is 1. The maximum atomic E-state index is 12.8. The number of amides is 2. The second-order valence-electron chi connectivity index (χ2n) is 7.87. The Hall–Kier alpha value is -2.95. The molecule has 0 radical (unpaired) electrons. The predicted octanol–water partition coefficient (Wildman–Crippen LogP) is -2.23. The molecule has 0 bridgehead atoms. The average Bonchev–Trinajstić information content (AvgIpc) is 2.78. The summed E-state index contributed by atoms with van der Waals surface area (Å²) in [5, 5.41) is 47.9. The van der Waals surface area contributed by atoms with Crippen LogP contribution in [0.1, 0.15) is 19.8 Å². The lowest BCUT2D eigenvalue weighted by Gasteiger charge is -2.40. The van der Waals surface area contributed by atoms with Crippen LogP contribution in [0, 0.1) is 5.92 Å². The van der Waals surface area contributed by atoms with Crippen molar-refractivity contribution in [2.24, 2.45) is 11.7 Å². The quantitative estimate of drug-likeness (QED) is 0.201. The number of aliphatic hydroxyl groups is 3.